The first kappa shape index (κ1) is 16.2. The molecular weight excluding hydrogens is 270 g/mol. The van der Waals surface area contributed by atoms with Crippen molar-refractivity contribution >= 4 is 17.1 Å². The fraction of sp³-hybridized carbons (Fsp3) is 0.316. The number of aliphatic imine (C=N–C) groups is 1. The highest BCUT2D eigenvalue weighted by Gasteiger charge is 1.99. The van der Waals surface area contributed by atoms with Gasteiger partial charge in [0.25, 0.3) is 0 Å². The smallest absolute Gasteiger partial charge is 0.0860 e. The molecule has 0 radical (unpaired) electrons. The Morgan fingerprint density at radius 1 is 1.05 bits per heavy atom. The Bertz CT molecular complexity index is 632. The van der Waals surface area contributed by atoms with Gasteiger partial charge in [0, 0.05) is 25.8 Å². The number of nitrogens with zero attached hydrogens (tertiary/aromatic N) is 1. The zero-order valence-electron chi connectivity index (χ0n) is 13.7. The molecule has 2 rings (SSSR count). The quantitative estimate of drug-likeness (QED) is 0.752. The van der Waals surface area contributed by atoms with Gasteiger partial charge in [0.05, 0.1) is 11.4 Å². The Balaban J connectivity index is 1.92. The summed E-state index contributed by atoms with van der Waals surface area (Å²) in [5, 5.41) is 6.63. The number of hydrogen-bond donors (Lipinski definition) is 2. The molecule has 0 unspecified atom stereocenters. The molecule has 0 spiro atoms. The van der Waals surface area contributed by atoms with Crippen molar-refractivity contribution in [2.75, 3.05) is 18.9 Å². The third-order valence-corrected chi connectivity index (χ3v) is 3.59. The normalized spacial score (nSPS) is 11.5. The zero-order chi connectivity index (χ0) is 15.8. The topological polar surface area (TPSA) is 36.4 Å². The second-order valence-electron chi connectivity index (χ2n) is 5.39. The summed E-state index contributed by atoms with van der Waals surface area (Å²) >= 11 is 0. The lowest BCUT2D eigenvalue weighted by Crippen LogP contribution is -2.20. The first-order valence-corrected chi connectivity index (χ1v) is 7.82. The zero-order valence-corrected chi connectivity index (χ0v) is 13.7. The lowest BCUT2D eigenvalue weighted by molar-refractivity contribution is 0.773. The third kappa shape index (κ3) is 4.71. The Labute approximate surface area is 133 Å². The molecule has 0 bridgehead atoms. The summed E-state index contributed by atoms with van der Waals surface area (Å²) in [4.78, 5) is 4.69. The molecule has 0 aromatic heterocycles. The standard InChI is InChI=1S/C19H25N3/c1-4-16-8-7-9-17(12-16)14-21-13-15(2)22-19-11-6-5-10-18(19)20-3/h5-12,20-21H,4,13-14H2,1-3H3. The van der Waals surface area contributed by atoms with E-state index in [4.69, 9.17) is 0 Å². The van der Waals surface area contributed by atoms with E-state index in [1.807, 2.05) is 31.3 Å². The Hall–Kier alpha value is -2.13. The van der Waals surface area contributed by atoms with E-state index in [0.29, 0.717) is 0 Å². The number of aryl methyl sites for hydroxylation is 1. The predicted molar refractivity (Wildman–Crippen MR) is 96.3 cm³/mol. The number of rotatable bonds is 7. The van der Waals surface area contributed by atoms with Crippen molar-refractivity contribution < 1.29 is 0 Å². The van der Waals surface area contributed by atoms with Crippen LogP contribution < -0.4 is 10.6 Å². The number of nitrogens with one attached hydrogen (secondary N) is 2. The molecule has 0 aliphatic heterocycles. The average molecular weight is 295 g/mol. The van der Waals surface area contributed by atoms with Crippen LogP contribution in [0.1, 0.15) is 25.0 Å². The van der Waals surface area contributed by atoms with Gasteiger partial charge in [-0.15, -0.1) is 0 Å². The SMILES string of the molecule is CCc1cccc(CNCC(C)=Nc2ccccc2NC)c1. The largest absolute Gasteiger partial charge is 0.386 e. The summed E-state index contributed by atoms with van der Waals surface area (Å²) in [6.07, 6.45) is 1.08. The number of hydrogen-bond acceptors (Lipinski definition) is 3. The molecule has 0 aliphatic carbocycles. The highest BCUT2D eigenvalue weighted by atomic mass is 14.9. The van der Waals surface area contributed by atoms with Gasteiger partial charge in [-0.1, -0.05) is 43.3 Å². The second kappa shape index (κ2) is 8.35. The highest BCUT2D eigenvalue weighted by Crippen LogP contribution is 2.23. The van der Waals surface area contributed by atoms with Crippen LogP contribution in [0.2, 0.25) is 0 Å². The minimum Gasteiger partial charge on any atom is -0.386 e. The molecule has 2 aromatic rings. The van der Waals surface area contributed by atoms with Crippen molar-refractivity contribution in [3.8, 4) is 0 Å². The van der Waals surface area contributed by atoms with E-state index in [1.165, 1.54) is 11.1 Å². The fourth-order valence-corrected chi connectivity index (χ4v) is 2.37. The van der Waals surface area contributed by atoms with Crippen LogP contribution in [-0.4, -0.2) is 19.3 Å². The molecular formula is C19H25N3. The second-order valence-corrected chi connectivity index (χ2v) is 5.39. The van der Waals surface area contributed by atoms with E-state index in [1.54, 1.807) is 0 Å². The minimum atomic E-state index is 0.786. The summed E-state index contributed by atoms with van der Waals surface area (Å²) < 4.78 is 0. The summed E-state index contributed by atoms with van der Waals surface area (Å²) in [5.74, 6) is 0. The number of para-hydroxylation sites is 2. The van der Waals surface area contributed by atoms with Crippen molar-refractivity contribution in [3.63, 3.8) is 0 Å². The van der Waals surface area contributed by atoms with E-state index in [0.717, 1.165) is 36.6 Å². The van der Waals surface area contributed by atoms with Crippen molar-refractivity contribution in [1.82, 2.24) is 5.32 Å². The van der Waals surface area contributed by atoms with Crippen molar-refractivity contribution in [1.29, 1.82) is 0 Å². The molecule has 0 amide bonds. The van der Waals surface area contributed by atoms with Crippen LogP contribution in [0.15, 0.2) is 53.5 Å². The lowest BCUT2D eigenvalue weighted by Gasteiger charge is -2.08. The molecule has 2 aromatic carbocycles. The molecule has 3 nitrogen and oxygen atoms in total. The van der Waals surface area contributed by atoms with Gasteiger partial charge in [-0.25, -0.2) is 0 Å². The molecule has 0 fully saturated rings. The maximum atomic E-state index is 4.69. The fourth-order valence-electron chi connectivity index (χ4n) is 2.37. The van der Waals surface area contributed by atoms with Gasteiger partial charge in [-0.05, 0) is 36.6 Å². The maximum Gasteiger partial charge on any atom is 0.0860 e. The predicted octanol–water partition coefficient (Wildman–Crippen LogP) is 4.17. The van der Waals surface area contributed by atoms with Crippen LogP contribution in [0.3, 0.4) is 0 Å². The van der Waals surface area contributed by atoms with Gasteiger partial charge in [-0.2, -0.15) is 0 Å². The molecule has 0 atom stereocenters. The molecule has 0 saturated heterocycles. The molecule has 116 valence electrons. The molecule has 2 N–H and O–H groups in total. The van der Waals surface area contributed by atoms with Crippen molar-refractivity contribution in [2.45, 2.75) is 26.8 Å². The first-order chi connectivity index (χ1) is 10.7. The Morgan fingerprint density at radius 3 is 2.59 bits per heavy atom. The van der Waals surface area contributed by atoms with E-state index in [-0.39, 0.29) is 0 Å². The van der Waals surface area contributed by atoms with Crippen molar-refractivity contribution in [2.24, 2.45) is 4.99 Å². The molecule has 0 heterocycles. The van der Waals surface area contributed by atoms with Crippen LogP contribution in [0, 0.1) is 0 Å². The molecule has 0 aliphatic rings. The molecule has 3 heteroatoms. The summed E-state index contributed by atoms with van der Waals surface area (Å²) in [5.41, 5.74) is 5.82. The van der Waals surface area contributed by atoms with Gasteiger partial charge in [0.1, 0.15) is 0 Å². The van der Waals surface area contributed by atoms with Gasteiger partial charge >= 0.3 is 0 Å². The average Bonchev–Trinajstić information content (AvgIpc) is 2.55. The number of benzene rings is 2. The van der Waals surface area contributed by atoms with E-state index >= 15 is 0 Å². The first-order valence-electron chi connectivity index (χ1n) is 7.82. The number of anilines is 1. The monoisotopic (exact) mass is 295 g/mol. The van der Waals surface area contributed by atoms with Crippen LogP contribution in [-0.2, 0) is 13.0 Å². The summed E-state index contributed by atoms with van der Waals surface area (Å²) in [6, 6.07) is 16.8. The van der Waals surface area contributed by atoms with Crippen LogP contribution in [0.25, 0.3) is 0 Å². The summed E-state index contributed by atoms with van der Waals surface area (Å²) in [7, 11) is 1.92. The van der Waals surface area contributed by atoms with Gasteiger partial charge in [-0.3, -0.25) is 4.99 Å². The van der Waals surface area contributed by atoms with Crippen LogP contribution >= 0.6 is 0 Å². The maximum absolute atomic E-state index is 4.69. The van der Waals surface area contributed by atoms with E-state index in [2.05, 4.69) is 53.7 Å². The highest BCUT2D eigenvalue weighted by molar-refractivity contribution is 5.88. The van der Waals surface area contributed by atoms with Crippen molar-refractivity contribution in [3.05, 3.63) is 59.7 Å². The van der Waals surface area contributed by atoms with Crippen LogP contribution in [0.4, 0.5) is 11.4 Å². The minimum absolute atomic E-state index is 0.786. The Kier molecular flexibility index (Phi) is 6.16. The molecule has 22 heavy (non-hydrogen) atoms. The van der Waals surface area contributed by atoms with Gasteiger partial charge in [0.2, 0.25) is 0 Å². The Morgan fingerprint density at radius 2 is 1.82 bits per heavy atom. The third-order valence-electron chi connectivity index (χ3n) is 3.59. The van der Waals surface area contributed by atoms with E-state index in [9.17, 15) is 0 Å². The molecule has 0 saturated carbocycles. The van der Waals surface area contributed by atoms with Gasteiger partial charge in [0.15, 0.2) is 0 Å². The van der Waals surface area contributed by atoms with Gasteiger partial charge < -0.3 is 10.6 Å². The van der Waals surface area contributed by atoms with E-state index < -0.39 is 0 Å². The lowest BCUT2D eigenvalue weighted by atomic mass is 10.1. The van der Waals surface area contributed by atoms with Crippen LogP contribution in [0.5, 0.6) is 0 Å². The summed E-state index contributed by atoms with van der Waals surface area (Å²) in [6.45, 7) is 5.90.